The highest BCUT2D eigenvalue weighted by molar-refractivity contribution is 9.10. The van der Waals surface area contributed by atoms with Gasteiger partial charge < -0.3 is 9.80 Å². The van der Waals surface area contributed by atoms with Crippen LogP contribution in [0.15, 0.2) is 41.1 Å². The number of fused-ring (bicyclic) bond motifs is 1. The maximum absolute atomic E-state index is 12.6. The number of piperazine rings is 1. The first-order valence-corrected chi connectivity index (χ1v) is 9.79. The first-order chi connectivity index (χ1) is 13.5. The number of nitrogens with zero attached hydrogens (tertiary/aromatic N) is 5. The largest absolute Gasteiger partial charge is 0.339 e. The van der Waals surface area contributed by atoms with E-state index in [4.69, 9.17) is 0 Å². The van der Waals surface area contributed by atoms with Gasteiger partial charge in [-0.3, -0.25) is 19.3 Å². The van der Waals surface area contributed by atoms with Gasteiger partial charge in [-0.15, -0.1) is 0 Å². The summed E-state index contributed by atoms with van der Waals surface area (Å²) in [6, 6.07) is 6.77. The van der Waals surface area contributed by atoms with Crippen LogP contribution in [-0.2, 0) is 4.79 Å². The average molecular weight is 444 g/mol. The minimum absolute atomic E-state index is 0.0635. The van der Waals surface area contributed by atoms with Crippen LogP contribution in [0.2, 0.25) is 0 Å². The molecule has 28 heavy (non-hydrogen) atoms. The molecule has 2 aliphatic heterocycles. The van der Waals surface area contributed by atoms with Crippen molar-refractivity contribution in [3.63, 3.8) is 0 Å². The van der Waals surface area contributed by atoms with Gasteiger partial charge in [-0.25, -0.2) is 9.97 Å². The van der Waals surface area contributed by atoms with Gasteiger partial charge in [0.15, 0.2) is 0 Å². The van der Waals surface area contributed by atoms with E-state index < -0.39 is 0 Å². The lowest BCUT2D eigenvalue weighted by Crippen LogP contribution is -2.49. The summed E-state index contributed by atoms with van der Waals surface area (Å²) in [5.41, 5.74) is 0.764. The summed E-state index contributed by atoms with van der Waals surface area (Å²) in [7, 11) is 0. The Labute approximate surface area is 170 Å². The van der Waals surface area contributed by atoms with Gasteiger partial charge in [0.05, 0.1) is 11.1 Å². The Morgan fingerprint density at radius 3 is 2.39 bits per heavy atom. The lowest BCUT2D eigenvalue weighted by Gasteiger charge is -2.34. The summed E-state index contributed by atoms with van der Waals surface area (Å²) >= 11 is 3.31. The molecule has 0 saturated carbocycles. The van der Waals surface area contributed by atoms with Crippen LogP contribution < -0.4 is 4.90 Å². The lowest BCUT2D eigenvalue weighted by atomic mass is 10.1. The quantitative estimate of drug-likeness (QED) is 0.666. The van der Waals surface area contributed by atoms with Gasteiger partial charge in [-0.2, -0.15) is 0 Å². The molecule has 3 amide bonds. The van der Waals surface area contributed by atoms with E-state index in [1.165, 1.54) is 0 Å². The number of hydrogen-bond acceptors (Lipinski definition) is 6. The molecule has 1 saturated heterocycles. The zero-order valence-corrected chi connectivity index (χ0v) is 16.6. The Balaban J connectivity index is 1.32. The molecule has 144 valence electrons. The molecule has 3 heterocycles. The predicted octanol–water partition coefficient (Wildman–Crippen LogP) is 1.57. The average Bonchev–Trinajstić information content (AvgIpc) is 2.96. The smallest absolute Gasteiger partial charge is 0.261 e. The van der Waals surface area contributed by atoms with Crippen LogP contribution in [0.5, 0.6) is 0 Å². The summed E-state index contributed by atoms with van der Waals surface area (Å²) < 4.78 is 0.741. The summed E-state index contributed by atoms with van der Waals surface area (Å²) in [5, 5.41) is 0. The molecule has 1 fully saturated rings. The van der Waals surface area contributed by atoms with Gasteiger partial charge in [0.25, 0.3) is 11.8 Å². The molecule has 8 nitrogen and oxygen atoms in total. The van der Waals surface area contributed by atoms with Crippen molar-refractivity contribution in [2.75, 3.05) is 37.6 Å². The van der Waals surface area contributed by atoms with E-state index in [0.717, 1.165) is 9.37 Å². The van der Waals surface area contributed by atoms with E-state index in [-0.39, 0.29) is 30.7 Å². The number of anilines is 1. The number of halogens is 1. The fourth-order valence-electron chi connectivity index (χ4n) is 3.44. The van der Waals surface area contributed by atoms with E-state index in [1.54, 1.807) is 41.6 Å². The number of aromatic nitrogens is 2. The fraction of sp³-hybridized carbons (Fsp3) is 0.316. The third kappa shape index (κ3) is 3.49. The predicted molar refractivity (Wildman–Crippen MR) is 105 cm³/mol. The SMILES string of the molecule is O=C(CCN1C(=O)c2ccc(Br)cc2C1=O)N1CCN(c2ncccn2)CC1. The number of benzene rings is 1. The van der Waals surface area contributed by atoms with Crippen LogP contribution in [0.4, 0.5) is 5.95 Å². The molecule has 0 spiro atoms. The second-order valence-corrected chi connectivity index (χ2v) is 7.53. The number of amides is 3. The first-order valence-electron chi connectivity index (χ1n) is 9.00. The van der Waals surface area contributed by atoms with E-state index in [2.05, 4.69) is 25.9 Å². The van der Waals surface area contributed by atoms with Crippen molar-refractivity contribution in [2.24, 2.45) is 0 Å². The van der Waals surface area contributed by atoms with E-state index in [1.807, 2.05) is 4.90 Å². The van der Waals surface area contributed by atoms with Crippen molar-refractivity contribution in [2.45, 2.75) is 6.42 Å². The number of hydrogen-bond donors (Lipinski definition) is 0. The Kier molecular flexibility index (Phi) is 5.08. The minimum Gasteiger partial charge on any atom is -0.339 e. The number of imide groups is 1. The molecule has 2 aromatic rings. The third-order valence-corrected chi connectivity index (χ3v) is 5.44. The Morgan fingerprint density at radius 2 is 1.68 bits per heavy atom. The van der Waals surface area contributed by atoms with Crippen LogP contribution in [0.3, 0.4) is 0 Å². The molecule has 0 aliphatic carbocycles. The van der Waals surface area contributed by atoms with Crippen LogP contribution in [0, 0.1) is 0 Å². The zero-order chi connectivity index (χ0) is 19.7. The van der Waals surface area contributed by atoms with E-state index in [0.29, 0.717) is 43.3 Å². The first kappa shape index (κ1) is 18.5. The standard InChI is InChI=1S/C19H18BrN5O3/c20-13-2-3-14-15(12-13)18(28)25(17(14)27)7-4-16(26)23-8-10-24(11-9-23)19-21-5-1-6-22-19/h1-3,5-6,12H,4,7-11H2. The molecule has 9 heteroatoms. The van der Waals surface area contributed by atoms with Crippen molar-refractivity contribution < 1.29 is 14.4 Å². The lowest BCUT2D eigenvalue weighted by molar-refractivity contribution is -0.131. The number of carbonyl (C=O) groups is 3. The van der Waals surface area contributed by atoms with Crippen molar-refractivity contribution in [1.29, 1.82) is 0 Å². The van der Waals surface area contributed by atoms with Crippen LogP contribution in [-0.4, -0.2) is 70.2 Å². The number of carbonyl (C=O) groups excluding carboxylic acids is 3. The van der Waals surface area contributed by atoms with Crippen LogP contribution in [0.1, 0.15) is 27.1 Å². The summed E-state index contributed by atoms with van der Waals surface area (Å²) in [6.07, 6.45) is 3.51. The molecule has 1 aromatic heterocycles. The molecule has 0 radical (unpaired) electrons. The second kappa shape index (κ2) is 7.67. The molecule has 0 unspecified atom stereocenters. The Bertz CT molecular complexity index is 928. The van der Waals surface area contributed by atoms with Crippen molar-refractivity contribution in [3.05, 3.63) is 52.3 Å². The van der Waals surface area contributed by atoms with Crippen molar-refractivity contribution in [1.82, 2.24) is 19.8 Å². The van der Waals surface area contributed by atoms with Gasteiger partial charge in [0.1, 0.15) is 0 Å². The molecular weight excluding hydrogens is 426 g/mol. The molecule has 0 atom stereocenters. The molecular formula is C19H18BrN5O3. The normalized spacial score (nSPS) is 16.5. The molecule has 0 N–H and O–H groups in total. The van der Waals surface area contributed by atoms with Crippen molar-refractivity contribution in [3.8, 4) is 0 Å². The third-order valence-electron chi connectivity index (χ3n) is 4.95. The van der Waals surface area contributed by atoms with Gasteiger partial charge in [-0.1, -0.05) is 15.9 Å². The summed E-state index contributed by atoms with van der Waals surface area (Å²) in [4.78, 5) is 50.9. The summed E-state index contributed by atoms with van der Waals surface area (Å²) in [6.45, 7) is 2.51. The summed E-state index contributed by atoms with van der Waals surface area (Å²) in [5.74, 6) is -0.0929. The van der Waals surface area contributed by atoms with Crippen LogP contribution in [0.25, 0.3) is 0 Å². The molecule has 2 aliphatic rings. The maximum atomic E-state index is 12.6. The molecule has 1 aromatic carbocycles. The Hall–Kier alpha value is -2.81. The molecule has 4 rings (SSSR count). The van der Waals surface area contributed by atoms with Gasteiger partial charge in [0.2, 0.25) is 11.9 Å². The van der Waals surface area contributed by atoms with Crippen LogP contribution >= 0.6 is 15.9 Å². The zero-order valence-electron chi connectivity index (χ0n) is 15.0. The van der Waals surface area contributed by atoms with Crippen molar-refractivity contribution >= 4 is 39.6 Å². The highest BCUT2D eigenvalue weighted by Gasteiger charge is 2.36. The monoisotopic (exact) mass is 443 g/mol. The second-order valence-electron chi connectivity index (χ2n) is 6.62. The Morgan fingerprint density at radius 1 is 1.00 bits per heavy atom. The molecule has 0 bridgehead atoms. The number of rotatable bonds is 4. The topological polar surface area (TPSA) is 86.7 Å². The minimum atomic E-state index is -0.347. The van der Waals surface area contributed by atoms with Gasteiger partial charge in [-0.05, 0) is 24.3 Å². The van der Waals surface area contributed by atoms with E-state index >= 15 is 0 Å². The fourth-order valence-corrected chi connectivity index (χ4v) is 3.80. The highest BCUT2D eigenvalue weighted by Crippen LogP contribution is 2.26. The van der Waals surface area contributed by atoms with Gasteiger partial charge >= 0.3 is 0 Å². The van der Waals surface area contributed by atoms with Gasteiger partial charge in [0, 0.05) is 56.0 Å². The highest BCUT2D eigenvalue weighted by atomic mass is 79.9. The van der Waals surface area contributed by atoms with E-state index in [9.17, 15) is 14.4 Å². The maximum Gasteiger partial charge on any atom is 0.261 e.